The van der Waals surface area contributed by atoms with Gasteiger partial charge in [0.15, 0.2) is 0 Å². The van der Waals surface area contributed by atoms with Gasteiger partial charge in [0.1, 0.15) is 0 Å². The lowest BCUT2D eigenvalue weighted by molar-refractivity contribution is -0.148. The van der Waals surface area contributed by atoms with E-state index >= 15 is 0 Å². The Morgan fingerprint density at radius 1 is 0.966 bits per heavy atom. The first-order valence-electron chi connectivity index (χ1n) is 10.4. The molecular formula is C24H31N3O2. The van der Waals surface area contributed by atoms with Crippen LogP contribution in [0, 0.1) is 0 Å². The Balaban J connectivity index is 1.49. The number of hydrogen-bond donors (Lipinski definition) is 1. The van der Waals surface area contributed by atoms with Crippen LogP contribution in [0.4, 0.5) is 0 Å². The molecule has 0 spiro atoms. The van der Waals surface area contributed by atoms with Crippen LogP contribution in [-0.2, 0) is 22.7 Å². The molecule has 2 amide bonds. The van der Waals surface area contributed by atoms with Crippen LogP contribution >= 0.6 is 0 Å². The molecule has 1 aliphatic heterocycles. The van der Waals surface area contributed by atoms with Crippen LogP contribution in [-0.4, -0.2) is 46.8 Å². The van der Waals surface area contributed by atoms with Crippen molar-refractivity contribution in [2.45, 2.75) is 51.9 Å². The predicted octanol–water partition coefficient (Wildman–Crippen LogP) is 3.20. The van der Waals surface area contributed by atoms with Crippen molar-refractivity contribution in [3.63, 3.8) is 0 Å². The average Bonchev–Trinajstić information content (AvgIpc) is 2.74. The van der Waals surface area contributed by atoms with E-state index in [1.165, 1.54) is 5.56 Å². The highest BCUT2D eigenvalue weighted by molar-refractivity contribution is 6.35. The molecule has 3 rings (SSSR count). The van der Waals surface area contributed by atoms with Gasteiger partial charge < -0.3 is 10.2 Å². The maximum Gasteiger partial charge on any atom is 0.312 e. The van der Waals surface area contributed by atoms with Crippen LogP contribution in [0.1, 0.15) is 37.8 Å². The van der Waals surface area contributed by atoms with Crippen molar-refractivity contribution in [2.24, 2.45) is 0 Å². The number of nitrogens with zero attached hydrogens (tertiary/aromatic N) is 2. The minimum absolute atomic E-state index is 0.0406. The number of benzene rings is 2. The smallest absolute Gasteiger partial charge is 0.312 e. The van der Waals surface area contributed by atoms with E-state index in [0.29, 0.717) is 6.54 Å². The van der Waals surface area contributed by atoms with Crippen LogP contribution in [0.25, 0.3) is 0 Å². The van der Waals surface area contributed by atoms with Gasteiger partial charge in [0.25, 0.3) is 0 Å². The van der Waals surface area contributed by atoms with Gasteiger partial charge in [0.2, 0.25) is 0 Å². The first-order valence-corrected chi connectivity index (χ1v) is 10.4. The summed E-state index contributed by atoms with van der Waals surface area (Å²) >= 11 is 0. The van der Waals surface area contributed by atoms with Crippen molar-refractivity contribution >= 4 is 11.8 Å². The summed E-state index contributed by atoms with van der Waals surface area (Å²) in [5, 5.41) is 2.97. The molecule has 1 fully saturated rings. The van der Waals surface area contributed by atoms with Crippen LogP contribution in [0.5, 0.6) is 0 Å². The van der Waals surface area contributed by atoms with Crippen molar-refractivity contribution in [1.82, 2.24) is 15.1 Å². The molecule has 0 aliphatic carbocycles. The summed E-state index contributed by atoms with van der Waals surface area (Å²) in [6.07, 6.45) is 1.73. The zero-order chi connectivity index (χ0) is 20.6. The summed E-state index contributed by atoms with van der Waals surface area (Å²) < 4.78 is 0. The van der Waals surface area contributed by atoms with Crippen LogP contribution < -0.4 is 5.32 Å². The summed E-state index contributed by atoms with van der Waals surface area (Å²) in [6, 6.07) is 20.2. The molecule has 154 valence electrons. The van der Waals surface area contributed by atoms with Crippen molar-refractivity contribution in [3.8, 4) is 0 Å². The van der Waals surface area contributed by atoms with Gasteiger partial charge in [-0.1, -0.05) is 60.7 Å². The van der Waals surface area contributed by atoms with E-state index in [-0.39, 0.29) is 12.1 Å². The summed E-state index contributed by atoms with van der Waals surface area (Å²) in [5.41, 5.74) is 2.33. The van der Waals surface area contributed by atoms with Crippen molar-refractivity contribution in [3.05, 3.63) is 71.8 Å². The molecule has 0 saturated carbocycles. The van der Waals surface area contributed by atoms with Crippen molar-refractivity contribution in [2.75, 3.05) is 13.1 Å². The van der Waals surface area contributed by atoms with E-state index in [4.69, 9.17) is 0 Å². The van der Waals surface area contributed by atoms with Gasteiger partial charge in [-0.3, -0.25) is 14.5 Å². The van der Waals surface area contributed by atoms with Gasteiger partial charge >= 0.3 is 11.8 Å². The molecule has 5 heteroatoms. The fourth-order valence-corrected chi connectivity index (χ4v) is 3.72. The zero-order valence-electron chi connectivity index (χ0n) is 17.4. The highest BCUT2D eigenvalue weighted by Gasteiger charge is 2.28. The fraction of sp³-hybridized carbons (Fsp3) is 0.417. The third-order valence-electron chi connectivity index (χ3n) is 5.45. The SMILES string of the molecule is CC(C)N(Cc1ccccc1)C(=O)C(=O)NC1CCN(Cc2ccccc2)CC1. The Hall–Kier alpha value is -2.66. The summed E-state index contributed by atoms with van der Waals surface area (Å²) in [5.74, 6) is -0.938. The highest BCUT2D eigenvalue weighted by atomic mass is 16.2. The Labute approximate surface area is 173 Å². The first kappa shape index (κ1) is 21.1. The molecule has 2 aromatic carbocycles. The molecule has 0 radical (unpaired) electrons. The molecule has 1 saturated heterocycles. The third kappa shape index (κ3) is 6.16. The summed E-state index contributed by atoms with van der Waals surface area (Å²) in [7, 11) is 0. The minimum atomic E-state index is -0.490. The number of piperidine rings is 1. The topological polar surface area (TPSA) is 52.7 Å². The van der Waals surface area contributed by atoms with Gasteiger partial charge in [-0.25, -0.2) is 0 Å². The lowest BCUT2D eigenvalue weighted by atomic mass is 10.0. The molecular weight excluding hydrogens is 362 g/mol. The molecule has 29 heavy (non-hydrogen) atoms. The van der Waals surface area contributed by atoms with Crippen molar-refractivity contribution < 1.29 is 9.59 Å². The molecule has 1 aliphatic rings. The second-order valence-corrected chi connectivity index (χ2v) is 8.02. The monoisotopic (exact) mass is 393 g/mol. The zero-order valence-corrected chi connectivity index (χ0v) is 17.4. The molecule has 1 heterocycles. The molecule has 0 aromatic heterocycles. The van der Waals surface area contributed by atoms with Gasteiger partial charge in [0, 0.05) is 38.3 Å². The Kier molecular flexibility index (Phi) is 7.42. The Bertz CT molecular complexity index is 784. The molecule has 2 aromatic rings. The van der Waals surface area contributed by atoms with E-state index in [0.717, 1.165) is 38.0 Å². The van der Waals surface area contributed by atoms with Crippen molar-refractivity contribution in [1.29, 1.82) is 0 Å². The highest BCUT2D eigenvalue weighted by Crippen LogP contribution is 2.14. The average molecular weight is 394 g/mol. The number of hydrogen-bond acceptors (Lipinski definition) is 3. The number of likely N-dealkylation sites (tertiary alicyclic amines) is 1. The number of carbonyl (C=O) groups is 2. The van der Waals surface area contributed by atoms with E-state index in [1.54, 1.807) is 4.90 Å². The fourth-order valence-electron chi connectivity index (χ4n) is 3.72. The predicted molar refractivity (Wildman–Crippen MR) is 115 cm³/mol. The molecule has 0 bridgehead atoms. The van der Waals surface area contributed by atoms with E-state index < -0.39 is 11.8 Å². The standard InChI is InChI=1S/C24H31N3O2/c1-19(2)27(18-21-11-7-4-8-12-21)24(29)23(28)25-22-13-15-26(16-14-22)17-20-9-5-3-6-10-20/h3-12,19,22H,13-18H2,1-2H3,(H,25,28). The Morgan fingerprint density at radius 3 is 2.07 bits per heavy atom. The number of rotatable bonds is 6. The van der Waals surface area contributed by atoms with Gasteiger partial charge in [0.05, 0.1) is 0 Å². The van der Waals surface area contributed by atoms with Crippen LogP contribution in [0.3, 0.4) is 0 Å². The summed E-state index contributed by atoms with van der Waals surface area (Å²) in [6.45, 7) is 7.10. The largest absolute Gasteiger partial charge is 0.345 e. The minimum Gasteiger partial charge on any atom is -0.345 e. The Morgan fingerprint density at radius 2 is 1.52 bits per heavy atom. The van der Waals surface area contributed by atoms with E-state index in [2.05, 4.69) is 34.5 Å². The lowest BCUT2D eigenvalue weighted by Gasteiger charge is -2.33. The van der Waals surface area contributed by atoms with E-state index in [9.17, 15) is 9.59 Å². The maximum absolute atomic E-state index is 12.8. The first-order chi connectivity index (χ1) is 14.0. The van der Waals surface area contributed by atoms with Gasteiger partial charge in [-0.15, -0.1) is 0 Å². The third-order valence-corrected chi connectivity index (χ3v) is 5.45. The van der Waals surface area contributed by atoms with Crippen LogP contribution in [0.2, 0.25) is 0 Å². The van der Waals surface area contributed by atoms with E-state index in [1.807, 2.05) is 50.2 Å². The molecule has 0 unspecified atom stereocenters. The number of carbonyl (C=O) groups excluding carboxylic acids is 2. The molecule has 1 N–H and O–H groups in total. The number of nitrogens with one attached hydrogen (secondary N) is 1. The second-order valence-electron chi connectivity index (χ2n) is 8.02. The second kappa shape index (κ2) is 10.2. The lowest BCUT2D eigenvalue weighted by Crippen LogP contribution is -2.51. The van der Waals surface area contributed by atoms with Gasteiger partial charge in [-0.05, 0) is 37.8 Å². The normalized spacial score (nSPS) is 15.3. The van der Waals surface area contributed by atoms with Gasteiger partial charge in [-0.2, -0.15) is 0 Å². The maximum atomic E-state index is 12.8. The summed E-state index contributed by atoms with van der Waals surface area (Å²) in [4.78, 5) is 29.4. The van der Waals surface area contributed by atoms with Crippen LogP contribution in [0.15, 0.2) is 60.7 Å². The quantitative estimate of drug-likeness (QED) is 0.767. The molecule has 0 atom stereocenters. The molecule has 5 nitrogen and oxygen atoms in total. The number of amides is 2.